The molecule has 2 rings (SSSR count). The molecule has 0 spiro atoms. The highest BCUT2D eigenvalue weighted by molar-refractivity contribution is 6.30. The monoisotopic (exact) mass is 301 g/mol. The van der Waals surface area contributed by atoms with Crippen molar-refractivity contribution in [3.05, 3.63) is 34.6 Å². The van der Waals surface area contributed by atoms with Gasteiger partial charge >= 0.3 is 5.97 Å². The first-order valence-corrected chi connectivity index (χ1v) is 6.33. The summed E-state index contributed by atoms with van der Waals surface area (Å²) in [4.78, 5) is 25.0. The number of methoxy groups -OCH3 is 1. The van der Waals surface area contributed by atoms with Crippen LogP contribution in [0.2, 0.25) is 5.02 Å². The Hall–Kier alpha value is -1.66. The van der Waals surface area contributed by atoms with E-state index in [2.05, 4.69) is 4.74 Å². The second-order valence-corrected chi connectivity index (χ2v) is 4.95. The second kappa shape index (κ2) is 5.76. The molecule has 1 fully saturated rings. The normalized spacial score (nSPS) is 21.9. The fourth-order valence-electron chi connectivity index (χ4n) is 2.22. The highest BCUT2D eigenvalue weighted by Crippen LogP contribution is 2.23. The smallest absolute Gasteiger partial charge is 0.328 e. The van der Waals surface area contributed by atoms with Crippen LogP contribution >= 0.6 is 11.6 Å². The Morgan fingerprint density at radius 2 is 2.20 bits per heavy atom. The third-order valence-corrected chi connectivity index (χ3v) is 3.41. The average molecular weight is 302 g/mol. The van der Waals surface area contributed by atoms with Crippen LogP contribution in [0.5, 0.6) is 0 Å². The maximum atomic E-state index is 13.8. The van der Waals surface area contributed by atoms with Gasteiger partial charge in [0.25, 0.3) is 5.91 Å². The van der Waals surface area contributed by atoms with E-state index in [1.165, 1.54) is 19.2 Å². The molecule has 0 aromatic heterocycles. The maximum absolute atomic E-state index is 13.8. The van der Waals surface area contributed by atoms with E-state index < -0.39 is 29.8 Å². The Labute approximate surface area is 119 Å². The van der Waals surface area contributed by atoms with Gasteiger partial charge in [0, 0.05) is 18.0 Å². The summed E-state index contributed by atoms with van der Waals surface area (Å²) >= 11 is 5.63. The molecular weight excluding hydrogens is 289 g/mol. The van der Waals surface area contributed by atoms with Crippen molar-refractivity contribution >= 4 is 23.5 Å². The number of hydrogen-bond donors (Lipinski definition) is 1. The van der Waals surface area contributed by atoms with Crippen LogP contribution < -0.4 is 0 Å². The Morgan fingerprint density at radius 1 is 1.50 bits per heavy atom. The predicted molar refractivity (Wildman–Crippen MR) is 68.9 cm³/mol. The quantitative estimate of drug-likeness (QED) is 0.834. The first-order valence-electron chi connectivity index (χ1n) is 5.96. The number of β-amino-alcohol motifs (C(OH)–C–C–N with tert-alkyl or cyclic N) is 1. The van der Waals surface area contributed by atoms with E-state index in [0.29, 0.717) is 0 Å². The molecule has 0 bridgehead atoms. The number of carbonyl (C=O) groups excluding carboxylic acids is 2. The minimum Gasteiger partial charge on any atom is -0.467 e. The van der Waals surface area contributed by atoms with Gasteiger partial charge in [-0.3, -0.25) is 4.79 Å². The summed E-state index contributed by atoms with van der Waals surface area (Å²) in [6, 6.07) is 2.75. The van der Waals surface area contributed by atoms with Crippen molar-refractivity contribution in [2.45, 2.75) is 18.6 Å². The number of esters is 1. The van der Waals surface area contributed by atoms with Crippen molar-refractivity contribution in [3.63, 3.8) is 0 Å². The zero-order valence-corrected chi connectivity index (χ0v) is 11.4. The number of amides is 1. The lowest BCUT2D eigenvalue weighted by Gasteiger charge is -2.22. The highest BCUT2D eigenvalue weighted by Gasteiger charge is 2.40. The summed E-state index contributed by atoms with van der Waals surface area (Å²) in [5.41, 5.74) is -0.197. The Morgan fingerprint density at radius 3 is 2.80 bits per heavy atom. The molecule has 2 atom stereocenters. The number of aliphatic hydroxyl groups is 1. The molecule has 2 unspecified atom stereocenters. The molecule has 1 amide bonds. The van der Waals surface area contributed by atoms with Gasteiger partial charge in [-0.15, -0.1) is 0 Å². The van der Waals surface area contributed by atoms with Crippen molar-refractivity contribution in [2.75, 3.05) is 13.7 Å². The molecule has 0 radical (unpaired) electrons. The largest absolute Gasteiger partial charge is 0.467 e. The summed E-state index contributed by atoms with van der Waals surface area (Å²) in [6.45, 7) is -0.0410. The number of ether oxygens (including phenoxy) is 1. The first kappa shape index (κ1) is 14.7. The van der Waals surface area contributed by atoms with Crippen LogP contribution in [-0.4, -0.2) is 47.7 Å². The third-order valence-electron chi connectivity index (χ3n) is 3.17. The lowest BCUT2D eigenvalue weighted by atomic mass is 10.1. The lowest BCUT2D eigenvalue weighted by molar-refractivity contribution is -0.145. The molecular formula is C13H13ClFNO4. The SMILES string of the molecule is COC(=O)C1CC(O)CN1C(=O)c1ccc(Cl)cc1F. The standard InChI is InChI=1S/C13H13ClFNO4/c1-20-13(19)11-5-8(17)6-16(11)12(18)9-3-2-7(14)4-10(9)15/h2-4,8,11,17H,5-6H2,1H3. The number of nitrogens with zero attached hydrogens (tertiary/aromatic N) is 1. The molecule has 1 aromatic rings. The topological polar surface area (TPSA) is 66.8 Å². The van der Waals surface area contributed by atoms with Gasteiger partial charge in [-0.25, -0.2) is 9.18 Å². The summed E-state index contributed by atoms with van der Waals surface area (Å²) in [5, 5.41) is 9.78. The molecule has 7 heteroatoms. The molecule has 1 aliphatic heterocycles. The van der Waals surface area contributed by atoms with Crippen molar-refractivity contribution < 1.29 is 23.8 Å². The van der Waals surface area contributed by atoms with E-state index in [4.69, 9.17) is 11.6 Å². The number of benzene rings is 1. The van der Waals surface area contributed by atoms with Gasteiger partial charge in [-0.05, 0) is 18.2 Å². The van der Waals surface area contributed by atoms with E-state index >= 15 is 0 Å². The van der Waals surface area contributed by atoms with Gasteiger partial charge in [-0.1, -0.05) is 11.6 Å². The Balaban J connectivity index is 2.29. The van der Waals surface area contributed by atoms with Crippen molar-refractivity contribution in [1.82, 2.24) is 4.90 Å². The van der Waals surface area contributed by atoms with Crippen LogP contribution in [0.4, 0.5) is 4.39 Å². The van der Waals surface area contributed by atoms with Crippen LogP contribution in [0.15, 0.2) is 18.2 Å². The molecule has 0 saturated carbocycles. The number of carbonyl (C=O) groups is 2. The van der Waals surface area contributed by atoms with E-state index in [-0.39, 0.29) is 23.6 Å². The van der Waals surface area contributed by atoms with Crippen LogP contribution in [0.25, 0.3) is 0 Å². The van der Waals surface area contributed by atoms with Crippen LogP contribution in [0.3, 0.4) is 0 Å². The lowest BCUT2D eigenvalue weighted by Crippen LogP contribution is -2.41. The van der Waals surface area contributed by atoms with Crippen molar-refractivity contribution in [1.29, 1.82) is 0 Å². The van der Waals surface area contributed by atoms with E-state index in [1.807, 2.05) is 0 Å². The zero-order valence-electron chi connectivity index (χ0n) is 10.7. The highest BCUT2D eigenvalue weighted by atomic mass is 35.5. The van der Waals surface area contributed by atoms with Gasteiger partial charge in [0.15, 0.2) is 0 Å². The minimum absolute atomic E-state index is 0.0410. The summed E-state index contributed by atoms with van der Waals surface area (Å²) in [7, 11) is 1.19. The van der Waals surface area contributed by atoms with E-state index in [1.54, 1.807) is 0 Å². The minimum atomic E-state index is -0.905. The number of rotatable bonds is 2. The van der Waals surface area contributed by atoms with Crippen molar-refractivity contribution in [2.24, 2.45) is 0 Å². The molecule has 1 N–H and O–H groups in total. The molecule has 0 aliphatic carbocycles. The van der Waals surface area contributed by atoms with Crippen LogP contribution in [0, 0.1) is 5.82 Å². The zero-order chi connectivity index (χ0) is 14.9. The molecule has 1 heterocycles. The third kappa shape index (κ3) is 2.76. The number of hydrogen-bond acceptors (Lipinski definition) is 4. The predicted octanol–water partition coefficient (Wildman–Crippen LogP) is 1.23. The molecule has 1 aromatic carbocycles. The van der Waals surface area contributed by atoms with Crippen LogP contribution in [-0.2, 0) is 9.53 Å². The molecule has 5 nitrogen and oxygen atoms in total. The summed E-state index contributed by atoms with van der Waals surface area (Å²) < 4.78 is 18.3. The Kier molecular flexibility index (Phi) is 4.25. The number of aliphatic hydroxyl groups excluding tert-OH is 1. The first-order chi connectivity index (χ1) is 9.43. The fourth-order valence-corrected chi connectivity index (χ4v) is 2.37. The second-order valence-electron chi connectivity index (χ2n) is 4.51. The van der Waals surface area contributed by atoms with E-state index in [9.17, 15) is 19.1 Å². The summed E-state index contributed by atoms with van der Waals surface area (Å²) in [6.07, 6.45) is -0.758. The van der Waals surface area contributed by atoms with E-state index in [0.717, 1.165) is 11.0 Å². The molecule has 1 saturated heterocycles. The Bertz CT molecular complexity index is 551. The van der Waals surface area contributed by atoms with Gasteiger partial charge < -0.3 is 14.7 Å². The molecule has 108 valence electrons. The molecule has 1 aliphatic rings. The van der Waals surface area contributed by atoms with Gasteiger partial charge in [-0.2, -0.15) is 0 Å². The number of likely N-dealkylation sites (tertiary alicyclic amines) is 1. The van der Waals surface area contributed by atoms with Crippen LogP contribution in [0.1, 0.15) is 16.8 Å². The summed E-state index contributed by atoms with van der Waals surface area (Å²) in [5.74, 6) is -2.08. The van der Waals surface area contributed by atoms with Gasteiger partial charge in [0.1, 0.15) is 11.9 Å². The fraction of sp³-hybridized carbons (Fsp3) is 0.385. The number of halogens is 2. The van der Waals surface area contributed by atoms with Gasteiger partial charge in [0.2, 0.25) is 0 Å². The van der Waals surface area contributed by atoms with Gasteiger partial charge in [0.05, 0.1) is 18.8 Å². The average Bonchev–Trinajstić information content (AvgIpc) is 2.79. The maximum Gasteiger partial charge on any atom is 0.328 e. The molecule has 20 heavy (non-hydrogen) atoms. The van der Waals surface area contributed by atoms with Crippen molar-refractivity contribution in [3.8, 4) is 0 Å².